The second-order valence-electron chi connectivity index (χ2n) is 4.80. The molecule has 1 aromatic carbocycles. The zero-order valence-electron chi connectivity index (χ0n) is 13.1. The standard InChI is InChI=1S/C15H15N5O4/c1-22-12-4-3-10(7-13(12)23-2)11-8-20(19-17-11)9-15(21)16-14-5-6-24-18-14/h3-8H,9H2,1-2H3,(H,16,18,21). The fourth-order valence-electron chi connectivity index (χ4n) is 2.11. The Morgan fingerprint density at radius 2 is 2.08 bits per heavy atom. The predicted octanol–water partition coefficient (Wildman–Crippen LogP) is 1.59. The van der Waals surface area contributed by atoms with E-state index in [0.29, 0.717) is 23.0 Å². The Morgan fingerprint density at radius 1 is 1.25 bits per heavy atom. The number of methoxy groups -OCH3 is 2. The molecule has 3 aromatic rings. The smallest absolute Gasteiger partial charge is 0.247 e. The lowest BCUT2D eigenvalue weighted by atomic mass is 10.1. The third kappa shape index (κ3) is 3.35. The van der Waals surface area contributed by atoms with E-state index >= 15 is 0 Å². The van der Waals surface area contributed by atoms with Gasteiger partial charge in [0.2, 0.25) is 5.91 Å². The molecule has 0 spiro atoms. The van der Waals surface area contributed by atoms with Gasteiger partial charge >= 0.3 is 0 Å². The summed E-state index contributed by atoms with van der Waals surface area (Å²) >= 11 is 0. The maximum atomic E-state index is 11.9. The van der Waals surface area contributed by atoms with Crippen molar-refractivity contribution in [2.45, 2.75) is 6.54 Å². The first kappa shape index (κ1) is 15.5. The number of hydrogen-bond donors (Lipinski definition) is 1. The number of rotatable bonds is 6. The van der Waals surface area contributed by atoms with Crippen LogP contribution in [-0.2, 0) is 11.3 Å². The Kier molecular flexibility index (Phi) is 4.41. The second-order valence-corrected chi connectivity index (χ2v) is 4.80. The van der Waals surface area contributed by atoms with E-state index < -0.39 is 0 Å². The van der Waals surface area contributed by atoms with Gasteiger partial charge in [0.1, 0.15) is 18.5 Å². The lowest BCUT2D eigenvalue weighted by Crippen LogP contribution is -2.19. The summed E-state index contributed by atoms with van der Waals surface area (Å²) in [6.45, 7) is 0.00709. The quantitative estimate of drug-likeness (QED) is 0.732. The number of amides is 1. The van der Waals surface area contributed by atoms with Crippen LogP contribution in [0.25, 0.3) is 11.3 Å². The van der Waals surface area contributed by atoms with Gasteiger partial charge in [0, 0.05) is 11.6 Å². The third-order valence-corrected chi connectivity index (χ3v) is 3.23. The Bertz CT molecular complexity index is 828. The molecular weight excluding hydrogens is 314 g/mol. The second kappa shape index (κ2) is 6.82. The number of benzene rings is 1. The summed E-state index contributed by atoms with van der Waals surface area (Å²) in [5, 5.41) is 14.2. The van der Waals surface area contributed by atoms with E-state index in [9.17, 15) is 4.79 Å². The summed E-state index contributed by atoms with van der Waals surface area (Å²) in [4.78, 5) is 11.9. The molecule has 0 atom stereocenters. The third-order valence-electron chi connectivity index (χ3n) is 3.23. The van der Waals surface area contributed by atoms with Gasteiger partial charge in [-0.3, -0.25) is 4.79 Å². The average Bonchev–Trinajstić information content (AvgIpc) is 3.26. The topological polar surface area (TPSA) is 104 Å². The number of anilines is 1. The lowest BCUT2D eigenvalue weighted by Gasteiger charge is -2.07. The highest BCUT2D eigenvalue weighted by atomic mass is 16.5. The first-order chi connectivity index (χ1) is 11.7. The summed E-state index contributed by atoms with van der Waals surface area (Å²) in [7, 11) is 3.13. The molecule has 0 radical (unpaired) electrons. The normalized spacial score (nSPS) is 10.4. The van der Waals surface area contributed by atoms with Gasteiger partial charge in [0.15, 0.2) is 17.3 Å². The van der Waals surface area contributed by atoms with Crippen LogP contribution in [0.4, 0.5) is 5.82 Å². The molecule has 0 saturated heterocycles. The molecule has 1 amide bonds. The van der Waals surface area contributed by atoms with Crippen molar-refractivity contribution in [2.24, 2.45) is 0 Å². The van der Waals surface area contributed by atoms with Gasteiger partial charge in [-0.25, -0.2) is 4.68 Å². The molecule has 0 unspecified atom stereocenters. The molecule has 0 aliphatic rings. The number of nitrogens with one attached hydrogen (secondary N) is 1. The molecule has 9 nitrogen and oxygen atoms in total. The lowest BCUT2D eigenvalue weighted by molar-refractivity contribution is -0.117. The van der Waals surface area contributed by atoms with Crippen LogP contribution in [0.5, 0.6) is 11.5 Å². The van der Waals surface area contributed by atoms with E-state index in [1.807, 2.05) is 6.07 Å². The molecule has 0 aliphatic heterocycles. The summed E-state index contributed by atoms with van der Waals surface area (Å²) in [6.07, 6.45) is 3.05. The fourth-order valence-corrected chi connectivity index (χ4v) is 2.11. The van der Waals surface area contributed by atoms with Crippen molar-refractivity contribution in [1.82, 2.24) is 20.2 Å². The molecule has 0 bridgehead atoms. The SMILES string of the molecule is COc1ccc(-c2cn(CC(=O)Nc3ccon3)nn2)cc1OC. The van der Waals surface area contributed by atoms with Crippen LogP contribution < -0.4 is 14.8 Å². The monoisotopic (exact) mass is 329 g/mol. The fraction of sp³-hybridized carbons (Fsp3) is 0.200. The Morgan fingerprint density at radius 3 is 2.79 bits per heavy atom. The van der Waals surface area contributed by atoms with Crippen LogP contribution in [0.1, 0.15) is 0 Å². The molecule has 24 heavy (non-hydrogen) atoms. The Labute approximate surface area is 137 Å². The number of hydrogen-bond acceptors (Lipinski definition) is 7. The van der Waals surface area contributed by atoms with E-state index in [1.54, 1.807) is 38.6 Å². The highest BCUT2D eigenvalue weighted by Crippen LogP contribution is 2.31. The predicted molar refractivity (Wildman–Crippen MR) is 83.7 cm³/mol. The van der Waals surface area contributed by atoms with Crippen molar-refractivity contribution >= 4 is 11.7 Å². The number of aromatic nitrogens is 4. The van der Waals surface area contributed by atoms with E-state index in [4.69, 9.17) is 9.47 Å². The van der Waals surface area contributed by atoms with E-state index in [1.165, 1.54) is 10.9 Å². The molecule has 1 N–H and O–H groups in total. The van der Waals surface area contributed by atoms with Gasteiger partial charge in [-0.05, 0) is 18.2 Å². The highest BCUT2D eigenvalue weighted by molar-refractivity contribution is 5.89. The molecular formula is C15H15N5O4. The Hall–Kier alpha value is -3.36. The van der Waals surface area contributed by atoms with Crippen molar-refractivity contribution in [1.29, 1.82) is 0 Å². The maximum absolute atomic E-state index is 11.9. The Balaban J connectivity index is 1.72. The van der Waals surface area contributed by atoms with Gasteiger partial charge in [0.05, 0.1) is 20.4 Å². The van der Waals surface area contributed by atoms with Crippen LogP contribution in [0, 0.1) is 0 Å². The zero-order chi connectivity index (χ0) is 16.9. The van der Waals surface area contributed by atoms with Crippen molar-refractivity contribution in [3.05, 3.63) is 36.7 Å². The number of carbonyl (C=O) groups is 1. The summed E-state index contributed by atoms with van der Waals surface area (Å²) in [6, 6.07) is 6.96. The highest BCUT2D eigenvalue weighted by Gasteiger charge is 2.11. The summed E-state index contributed by atoms with van der Waals surface area (Å²) < 4.78 is 16.5. The molecule has 3 rings (SSSR count). The van der Waals surface area contributed by atoms with Crippen molar-refractivity contribution in [2.75, 3.05) is 19.5 Å². The van der Waals surface area contributed by atoms with Crippen LogP contribution in [0.15, 0.2) is 41.2 Å². The van der Waals surface area contributed by atoms with Gasteiger partial charge in [-0.15, -0.1) is 5.10 Å². The largest absolute Gasteiger partial charge is 0.493 e. The number of nitrogens with zero attached hydrogens (tertiary/aromatic N) is 4. The zero-order valence-corrected chi connectivity index (χ0v) is 13.1. The van der Waals surface area contributed by atoms with Gasteiger partial charge in [0.25, 0.3) is 0 Å². The van der Waals surface area contributed by atoms with Gasteiger partial charge in [-0.1, -0.05) is 10.4 Å². The average molecular weight is 329 g/mol. The number of ether oxygens (including phenoxy) is 2. The minimum atomic E-state index is -0.285. The molecule has 0 saturated carbocycles. The molecule has 0 aliphatic carbocycles. The van der Waals surface area contributed by atoms with Crippen molar-refractivity contribution in [3.8, 4) is 22.8 Å². The molecule has 0 fully saturated rings. The van der Waals surface area contributed by atoms with Gasteiger partial charge in [-0.2, -0.15) is 0 Å². The molecule has 2 aromatic heterocycles. The summed E-state index contributed by atoms with van der Waals surface area (Å²) in [5.41, 5.74) is 1.42. The van der Waals surface area contributed by atoms with Gasteiger partial charge < -0.3 is 19.3 Å². The first-order valence-corrected chi connectivity index (χ1v) is 7.02. The number of carbonyl (C=O) groups excluding carboxylic acids is 1. The maximum Gasteiger partial charge on any atom is 0.247 e. The van der Waals surface area contributed by atoms with Crippen LogP contribution in [0.3, 0.4) is 0 Å². The summed E-state index contributed by atoms with van der Waals surface area (Å²) in [5.74, 6) is 1.28. The molecule has 2 heterocycles. The minimum absolute atomic E-state index is 0.00709. The van der Waals surface area contributed by atoms with Crippen molar-refractivity contribution in [3.63, 3.8) is 0 Å². The first-order valence-electron chi connectivity index (χ1n) is 7.02. The molecule has 9 heteroatoms. The molecule has 124 valence electrons. The van der Waals surface area contributed by atoms with Crippen LogP contribution in [-0.4, -0.2) is 40.3 Å². The van der Waals surface area contributed by atoms with E-state index in [2.05, 4.69) is 25.3 Å². The van der Waals surface area contributed by atoms with E-state index in [0.717, 1.165) is 5.56 Å². The van der Waals surface area contributed by atoms with Crippen molar-refractivity contribution < 1.29 is 18.8 Å². The van der Waals surface area contributed by atoms with E-state index in [-0.39, 0.29) is 12.5 Å². The van der Waals surface area contributed by atoms with Crippen LogP contribution >= 0.6 is 0 Å². The minimum Gasteiger partial charge on any atom is -0.493 e. The van der Waals surface area contributed by atoms with Crippen LogP contribution in [0.2, 0.25) is 0 Å².